The number of nitrogens with zero attached hydrogens (tertiary/aromatic N) is 4. The number of hydrogen-bond acceptors (Lipinski definition) is 7. The van der Waals surface area contributed by atoms with Gasteiger partial charge in [-0.1, -0.05) is 23.2 Å². The molecule has 0 atom stereocenters. The minimum atomic E-state index is -0.576. The Balaban J connectivity index is 1.58. The van der Waals surface area contributed by atoms with Crippen LogP contribution in [0.15, 0.2) is 30.7 Å². The van der Waals surface area contributed by atoms with Crippen molar-refractivity contribution in [2.75, 3.05) is 10.6 Å². The third-order valence-electron chi connectivity index (χ3n) is 4.96. The average Bonchev–Trinajstić information content (AvgIpc) is 2.67. The van der Waals surface area contributed by atoms with Gasteiger partial charge < -0.3 is 15.7 Å². The predicted molar refractivity (Wildman–Crippen MR) is 111 cm³/mol. The van der Waals surface area contributed by atoms with Gasteiger partial charge in [-0.25, -0.2) is 19.9 Å². The molecule has 28 heavy (non-hydrogen) atoms. The van der Waals surface area contributed by atoms with Crippen LogP contribution in [0, 0.1) is 0 Å². The standard InChI is InChI=1S/C19H20Cl2N6O/c1-19(28)6-4-11(5-7-19)26-18-22-9-15-16(27-18)17(24-10-23-15)25-12-2-3-13(20)14(21)8-12/h2-3,8-11,28H,4-7H2,1H3,(H,22,26,27)(H,23,24,25)/t11-,19+. The Morgan fingerprint density at radius 2 is 1.89 bits per heavy atom. The van der Waals surface area contributed by atoms with Crippen LogP contribution < -0.4 is 10.6 Å². The Hall–Kier alpha value is -2.22. The number of aliphatic hydroxyl groups is 1. The van der Waals surface area contributed by atoms with Crippen molar-refractivity contribution in [2.24, 2.45) is 0 Å². The second-order valence-electron chi connectivity index (χ2n) is 7.32. The fourth-order valence-electron chi connectivity index (χ4n) is 3.29. The summed E-state index contributed by atoms with van der Waals surface area (Å²) in [5, 5.41) is 17.6. The van der Waals surface area contributed by atoms with E-state index >= 15 is 0 Å². The van der Waals surface area contributed by atoms with Crippen molar-refractivity contribution in [3.05, 3.63) is 40.8 Å². The van der Waals surface area contributed by atoms with Crippen molar-refractivity contribution in [1.82, 2.24) is 19.9 Å². The Kier molecular flexibility index (Phi) is 5.23. The summed E-state index contributed by atoms with van der Waals surface area (Å²) in [6, 6.07) is 5.49. The topological polar surface area (TPSA) is 95.9 Å². The zero-order chi connectivity index (χ0) is 19.7. The molecule has 146 valence electrons. The Labute approximate surface area is 172 Å². The van der Waals surface area contributed by atoms with E-state index in [9.17, 15) is 5.11 Å². The summed E-state index contributed by atoms with van der Waals surface area (Å²) in [6.45, 7) is 1.88. The van der Waals surface area contributed by atoms with Crippen LogP contribution in [0.5, 0.6) is 0 Å². The second-order valence-corrected chi connectivity index (χ2v) is 8.13. The molecule has 9 heteroatoms. The molecule has 1 aliphatic carbocycles. The van der Waals surface area contributed by atoms with Crippen molar-refractivity contribution in [1.29, 1.82) is 0 Å². The quantitative estimate of drug-likeness (QED) is 0.570. The Morgan fingerprint density at radius 3 is 2.64 bits per heavy atom. The van der Waals surface area contributed by atoms with E-state index in [1.54, 1.807) is 18.3 Å². The predicted octanol–water partition coefficient (Wildman–Crippen LogP) is 4.58. The van der Waals surface area contributed by atoms with Gasteiger partial charge >= 0.3 is 0 Å². The smallest absolute Gasteiger partial charge is 0.223 e. The summed E-state index contributed by atoms with van der Waals surface area (Å²) in [7, 11) is 0. The zero-order valence-corrected chi connectivity index (χ0v) is 16.8. The zero-order valence-electron chi connectivity index (χ0n) is 15.3. The fourth-order valence-corrected chi connectivity index (χ4v) is 3.59. The van der Waals surface area contributed by atoms with Crippen molar-refractivity contribution in [3.8, 4) is 0 Å². The van der Waals surface area contributed by atoms with Gasteiger partial charge in [0, 0.05) is 11.7 Å². The molecule has 0 aliphatic heterocycles. The van der Waals surface area contributed by atoms with E-state index in [2.05, 4.69) is 30.6 Å². The minimum Gasteiger partial charge on any atom is -0.390 e. The average molecular weight is 419 g/mol. The summed E-state index contributed by atoms with van der Waals surface area (Å²) < 4.78 is 0. The molecular formula is C19H20Cl2N6O. The lowest BCUT2D eigenvalue weighted by molar-refractivity contribution is 0.0196. The monoisotopic (exact) mass is 418 g/mol. The lowest BCUT2D eigenvalue weighted by Crippen LogP contribution is -2.36. The van der Waals surface area contributed by atoms with Crippen LogP contribution in [0.25, 0.3) is 11.0 Å². The molecule has 0 radical (unpaired) electrons. The Morgan fingerprint density at radius 1 is 1.11 bits per heavy atom. The number of aromatic nitrogens is 4. The van der Waals surface area contributed by atoms with E-state index in [4.69, 9.17) is 23.2 Å². The van der Waals surface area contributed by atoms with Gasteiger partial charge in [0.15, 0.2) is 5.82 Å². The summed E-state index contributed by atoms with van der Waals surface area (Å²) >= 11 is 12.1. The van der Waals surface area contributed by atoms with Gasteiger partial charge in [-0.3, -0.25) is 0 Å². The normalized spacial score (nSPS) is 22.2. The van der Waals surface area contributed by atoms with Gasteiger partial charge in [-0.2, -0.15) is 0 Å². The molecular weight excluding hydrogens is 399 g/mol. The number of fused-ring (bicyclic) bond motifs is 1. The molecule has 0 unspecified atom stereocenters. The van der Waals surface area contributed by atoms with Gasteiger partial charge in [-0.15, -0.1) is 0 Å². The van der Waals surface area contributed by atoms with Crippen LogP contribution in [0.1, 0.15) is 32.6 Å². The highest BCUT2D eigenvalue weighted by atomic mass is 35.5. The molecule has 1 saturated carbocycles. The van der Waals surface area contributed by atoms with Crippen LogP contribution in [0.2, 0.25) is 10.0 Å². The molecule has 0 saturated heterocycles. The first-order chi connectivity index (χ1) is 13.4. The van der Waals surface area contributed by atoms with E-state index in [1.807, 2.05) is 13.0 Å². The fraction of sp³-hybridized carbons (Fsp3) is 0.368. The molecule has 1 aromatic carbocycles. The second kappa shape index (κ2) is 7.66. The van der Waals surface area contributed by atoms with E-state index < -0.39 is 5.60 Å². The van der Waals surface area contributed by atoms with Crippen molar-refractivity contribution < 1.29 is 5.11 Å². The molecule has 3 aromatic rings. The van der Waals surface area contributed by atoms with Crippen molar-refractivity contribution >= 4 is 51.7 Å². The lowest BCUT2D eigenvalue weighted by atomic mass is 9.84. The van der Waals surface area contributed by atoms with E-state index in [-0.39, 0.29) is 6.04 Å². The molecule has 7 nitrogen and oxygen atoms in total. The molecule has 3 N–H and O–H groups in total. The van der Waals surface area contributed by atoms with Gasteiger partial charge in [0.1, 0.15) is 17.4 Å². The SMILES string of the molecule is C[C@]1(O)CC[C@@H](Nc2ncc3ncnc(Nc4ccc(Cl)c(Cl)c4)c3n2)CC1. The number of rotatable bonds is 4. The maximum absolute atomic E-state index is 10.1. The molecule has 0 bridgehead atoms. The van der Waals surface area contributed by atoms with Gasteiger partial charge in [0.05, 0.1) is 21.8 Å². The summed E-state index contributed by atoms with van der Waals surface area (Å²) in [5.41, 5.74) is 1.41. The number of halogens is 2. The van der Waals surface area contributed by atoms with Crippen LogP contribution in [0.3, 0.4) is 0 Å². The highest BCUT2D eigenvalue weighted by molar-refractivity contribution is 6.42. The van der Waals surface area contributed by atoms with Crippen LogP contribution in [-0.2, 0) is 0 Å². The van der Waals surface area contributed by atoms with Gasteiger partial charge in [0.25, 0.3) is 0 Å². The van der Waals surface area contributed by atoms with Gasteiger partial charge in [-0.05, 0) is 50.8 Å². The summed E-state index contributed by atoms with van der Waals surface area (Å²) in [4.78, 5) is 17.5. The van der Waals surface area contributed by atoms with E-state index in [1.165, 1.54) is 6.33 Å². The molecule has 2 aromatic heterocycles. The van der Waals surface area contributed by atoms with Crippen molar-refractivity contribution in [3.63, 3.8) is 0 Å². The highest BCUT2D eigenvalue weighted by Gasteiger charge is 2.28. The number of hydrogen-bond donors (Lipinski definition) is 3. The molecule has 2 heterocycles. The highest BCUT2D eigenvalue weighted by Crippen LogP contribution is 2.30. The first-order valence-electron chi connectivity index (χ1n) is 9.08. The molecule has 0 amide bonds. The number of nitrogens with one attached hydrogen (secondary N) is 2. The first-order valence-corrected chi connectivity index (χ1v) is 9.84. The van der Waals surface area contributed by atoms with E-state index in [0.717, 1.165) is 31.4 Å². The molecule has 1 fully saturated rings. The maximum Gasteiger partial charge on any atom is 0.223 e. The van der Waals surface area contributed by atoms with Crippen LogP contribution >= 0.6 is 23.2 Å². The summed E-state index contributed by atoms with van der Waals surface area (Å²) in [5.74, 6) is 1.08. The van der Waals surface area contributed by atoms with Gasteiger partial charge in [0.2, 0.25) is 5.95 Å². The minimum absolute atomic E-state index is 0.230. The van der Waals surface area contributed by atoms with Crippen LogP contribution in [0.4, 0.5) is 17.5 Å². The molecule has 0 spiro atoms. The van der Waals surface area contributed by atoms with E-state index in [0.29, 0.717) is 32.8 Å². The first kappa shape index (κ1) is 19.1. The Bertz CT molecular complexity index is 1000. The lowest BCUT2D eigenvalue weighted by Gasteiger charge is -2.33. The number of benzene rings is 1. The van der Waals surface area contributed by atoms with Crippen LogP contribution in [-0.4, -0.2) is 36.7 Å². The van der Waals surface area contributed by atoms with Crippen molar-refractivity contribution in [2.45, 2.75) is 44.2 Å². The number of anilines is 3. The largest absolute Gasteiger partial charge is 0.390 e. The third-order valence-corrected chi connectivity index (χ3v) is 5.69. The summed E-state index contributed by atoms with van der Waals surface area (Å²) in [6.07, 6.45) is 6.38. The molecule has 1 aliphatic rings. The maximum atomic E-state index is 10.1. The third kappa shape index (κ3) is 4.27. The molecule has 4 rings (SSSR count).